The topological polar surface area (TPSA) is 50.7 Å². The number of benzene rings is 1. The van der Waals surface area contributed by atoms with Crippen LogP contribution in [-0.2, 0) is 0 Å². The number of rotatable bonds is 1. The molecule has 1 aromatic carbocycles. The molecule has 0 atom stereocenters. The van der Waals surface area contributed by atoms with E-state index in [0.717, 1.165) is 9.26 Å². The number of nitrogens with zero attached hydrogens (tertiary/aromatic N) is 2. The van der Waals surface area contributed by atoms with Gasteiger partial charge < -0.3 is 0 Å². The molecule has 4 nitrogen and oxygen atoms in total. The summed E-state index contributed by atoms with van der Waals surface area (Å²) < 4.78 is 2.66. The Labute approximate surface area is 87.7 Å². The van der Waals surface area contributed by atoms with Crippen molar-refractivity contribution in [2.45, 2.75) is 0 Å². The van der Waals surface area contributed by atoms with E-state index >= 15 is 0 Å². The number of para-hydroxylation sites is 1. The van der Waals surface area contributed by atoms with Gasteiger partial charge in [-0.2, -0.15) is 4.98 Å². The number of aromatic nitrogens is 3. The lowest BCUT2D eigenvalue weighted by molar-refractivity contribution is 0.859. The Bertz CT molecular complexity index is 474. The minimum Gasteiger partial charge on any atom is -0.244 e. The molecule has 2 aromatic rings. The summed E-state index contributed by atoms with van der Waals surface area (Å²) in [5.74, 6) is 0. The highest BCUT2D eigenvalue weighted by Crippen LogP contribution is 2.13. The van der Waals surface area contributed by atoms with E-state index in [-0.39, 0.29) is 5.69 Å². The van der Waals surface area contributed by atoms with Crippen LogP contribution in [0.5, 0.6) is 0 Å². The van der Waals surface area contributed by atoms with Gasteiger partial charge in [0.1, 0.15) is 6.33 Å². The Kier molecular flexibility index (Phi) is 2.17. The van der Waals surface area contributed by atoms with Crippen LogP contribution in [0.3, 0.4) is 0 Å². The lowest BCUT2D eigenvalue weighted by Gasteiger charge is -2.02. The second kappa shape index (κ2) is 3.33. The second-order valence-electron chi connectivity index (χ2n) is 2.48. The van der Waals surface area contributed by atoms with E-state index < -0.39 is 0 Å². The molecule has 0 fully saturated rings. The number of hydrogen-bond donors (Lipinski definition) is 1. The van der Waals surface area contributed by atoms with Crippen LogP contribution < -0.4 is 5.69 Å². The van der Waals surface area contributed by atoms with Crippen molar-refractivity contribution in [1.82, 2.24) is 14.8 Å². The zero-order valence-corrected chi connectivity index (χ0v) is 8.72. The van der Waals surface area contributed by atoms with Crippen molar-refractivity contribution in [3.8, 4) is 5.69 Å². The third kappa shape index (κ3) is 1.64. The molecule has 0 aliphatic carbocycles. The molecule has 0 saturated heterocycles. The fraction of sp³-hybridized carbons (Fsp3) is 0. The Balaban J connectivity index is 2.58. The van der Waals surface area contributed by atoms with E-state index in [2.05, 4.69) is 32.7 Å². The summed E-state index contributed by atoms with van der Waals surface area (Å²) in [4.78, 5) is 14.4. The molecule has 0 aliphatic heterocycles. The molecule has 0 radical (unpaired) electrons. The number of nitrogens with one attached hydrogen (secondary N) is 1. The van der Waals surface area contributed by atoms with Crippen LogP contribution in [0.4, 0.5) is 0 Å². The minimum atomic E-state index is -0.334. The smallest absolute Gasteiger partial charge is 0.244 e. The summed E-state index contributed by atoms with van der Waals surface area (Å²) in [6, 6.07) is 7.74. The summed E-state index contributed by atoms with van der Waals surface area (Å²) in [5.41, 5.74) is 0.595. The van der Waals surface area contributed by atoms with Gasteiger partial charge in [-0.05, 0) is 34.7 Å². The Morgan fingerprint density at radius 1 is 1.38 bits per heavy atom. The van der Waals surface area contributed by atoms with Gasteiger partial charge >= 0.3 is 5.69 Å². The third-order valence-electron chi connectivity index (χ3n) is 1.62. The molecule has 1 N–H and O–H groups in total. The molecule has 1 aromatic heterocycles. The highest BCUT2D eigenvalue weighted by molar-refractivity contribution is 14.1. The van der Waals surface area contributed by atoms with E-state index in [1.165, 1.54) is 6.33 Å². The molecular formula is C8H6IN3O. The second-order valence-corrected chi connectivity index (χ2v) is 3.65. The van der Waals surface area contributed by atoms with Crippen LogP contribution in [0, 0.1) is 3.57 Å². The molecule has 0 spiro atoms. The van der Waals surface area contributed by atoms with E-state index in [1.54, 1.807) is 4.68 Å². The highest BCUT2D eigenvalue weighted by Gasteiger charge is 2.00. The normalized spacial score (nSPS) is 10.2. The zero-order valence-electron chi connectivity index (χ0n) is 6.57. The fourth-order valence-corrected chi connectivity index (χ4v) is 1.69. The van der Waals surface area contributed by atoms with E-state index in [1.807, 2.05) is 24.3 Å². The monoisotopic (exact) mass is 287 g/mol. The van der Waals surface area contributed by atoms with Gasteiger partial charge in [0.15, 0.2) is 0 Å². The first-order valence-electron chi connectivity index (χ1n) is 3.66. The number of H-pyrrole nitrogens is 1. The lowest BCUT2D eigenvalue weighted by Crippen LogP contribution is -2.05. The van der Waals surface area contributed by atoms with E-state index in [4.69, 9.17) is 0 Å². The maximum Gasteiger partial charge on any atom is 0.361 e. The predicted octanol–water partition coefficient (Wildman–Crippen LogP) is 1.17. The molecule has 66 valence electrons. The fourth-order valence-electron chi connectivity index (χ4n) is 1.04. The Morgan fingerprint density at radius 3 is 2.77 bits per heavy atom. The molecule has 0 aliphatic rings. The van der Waals surface area contributed by atoms with Crippen LogP contribution in [0.2, 0.25) is 0 Å². The molecule has 5 heteroatoms. The SMILES string of the molecule is O=c1ncn(-c2ccccc2I)[nH]1. The quantitative estimate of drug-likeness (QED) is 0.800. The van der Waals surface area contributed by atoms with Gasteiger partial charge in [-0.15, -0.1) is 0 Å². The summed E-state index contributed by atoms with van der Waals surface area (Å²) in [6.45, 7) is 0. The van der Waals surface area contributed by atoms with Gasteiger partial charge in [0.2, 0.25) is 0 Å². The largest absolute Gasteiger partial charge is 0.361 e. The van der Waals surface area contributed by atoms with Gasteiger partial charge in [-0.3, -0.25) is 0 Å². The van der Waals surface area contributed by atoms with Crippen molar-refractivity contribution < 1.29 is 0 Å². The van der Waals surface area contributed by atoms with E-state index in [9.17, 15) is 4.79 Å². The number of aromatic amines is 1. The molecule has 2 rings (SSSR count). The Hall–Kier alpha value is -1.11. The Morgan fingerprint density at radius 2 is 2.15 bits per heavy atom. The molecule has 1 heterocycles. The first-order chi connectivity index (χ1) is 6.27. The molecule has 0 bridgehead atoms. The lowest BCUT2D eigenvalue weighted by atomic mass is 10.3. The summed E-state index contributed by atoms with van der Waals surface area (Å²) in [7, 11) is 0. The summed E-state index contributed by atoms with van der Waals surface area (Å²) in [5, 5.41) is 2.58. The third-order valence-corrected chi connectivity index (χ3v) is 2.53. The predicted molar refractivity (Wildman–Crippen MR) is 56.9 cm³/mol. The highest BCUT2D eigenvalue weighted by atomic mass is 127. The van der Waals surface area contributed by atoms with Crippen molar-refractivity contribution in [2.75, 3.05) is 0 Å². The zero-order chi connectivity index (χ0) is 9.26. The first kappa shape index (κ1) is 8.49. The molecule has 0 saturated carbocycles. The van der Waals surface area contributed by atoms with Crippen molar-refractivity contribution in [1.29, 1.82) is 0 Å². The molecule has 13 heavy (non-hydrogen) atoms. The number of hydrogen-bond acceptors (Lipinski definition) is 2. The molecular weight excluding hydrogens is 281 g/mol. The minimum absolute atomic E-state index is 0.334. The van der Waals surface area contributed by atoms with Crippen LogP contribution in [0.1, 0.15) is 0 Å². The van der Waals surface area contributed by atoms with Crippen LogP contribution >= 0.6 is 22.6 Å². The van der Waals surface area contributed by atoms with Crippen molar-refractivity contribution in [3.63, 3.8) is 0 Å². The molecule has 0 amide bonds. The van der Waals surface area contributed by atoms with Gasteiger partial charge in [-0.1, -0.05) is 12.1 Å². The van der Waals surface area contributed by atoms with Crippen molar-refractivity contribution >= 4 is 22.6 Å². The maximum atomic E-state index is 10.8. The van der Waals surface area contributed by atoms with Gasteiger partial charge in [-0.25, -0.2) is 14.6 Å². The van der Waals surface area contributed by atoms with Crippen molar-refractivity contribution in [2.24, 2.45) is 0 Å². The van der Waals surface area contributed by atoms with Gasteiger partial charge in [0, 0.05) is 3.57 Å². The van der Waals surface area contributed by atoms with Gasteiger partial charge in [0.05, 0.1) is 5.69 Å². The van der Waals surface area contributed by atoms with Crippen LogP contribution in [0.15, 0.2) is 35.4 Å². The number of halogens is 1. The summed E-state index contributed by atoms with van der Waals surface area (Å²) in [6.07, 6.45) is 1.47. The summed E-state index contributed by atoms with van der Waals surface area (Å²) >= 11 is 2.20. The van der Waals surface area contributed by atoms with E-state index in [0.29, 0.717) is 0 Å². The van der Waals surface area contributed by atoms with Crippen molar-refractivity contribution in [3.05, 3.63) is 44.6 Å². The van der Waals surface area contributed by atoms with Crippen LogP contribution in [0.25, 0.3) is 5.69 Å². The first-order valence-corrected chi connectivity index (χ1v) is 4.74. The average Bonchev–Trinajstić information content (AvgIpc) is 2.53. The van der Waals surface area contributed by atoms with Gasteiger partial charge in [0.25, 0.3) is 0 Å². The standard InChI is InChI=1S/C8H6IN3O/c9-6-3-1-2-4-7(6)12-5-10-8(13)11-12/h1-5H,(H,11,13). The average molecular weight is 287 g/mol. The van der Waals surface area contributed by atoms with Crippen LogP contribution in [-0.4, -0.2) is 14.8 Å². The maximum absolute atomic E-state index is 10.8. The molecule has 0 unspecified atom stereocenters.